The van der Waals surface area contributed by atoms with Crippen molar-refractivity contribution in [3.8, 4) is 11.5 Å². The van der Waals surface area contributed by atoms with Gasteiger partial charge in [0, 0.05) is 0 Å². The van der Waals surface area contributed by atoms with Crippen molar-refractivity contribution in [3.05, 3.63) is 21.5 Å². The lowest BCUT2D eigenvalue weighted by Gasteiger charge is -2.08. The molecule has 0 saturated heterocycles. The van der Waals surface area contributed by atoms with Gasteiger partial charge >= 0.3 is 0 Å². The molecule has 0 aliphatic heterocycles. The van der Waals surface area contributed by atoms with Crippen molar-refractivity contribution in [1.29, 1.82) is 0 Å². The van der Waals surface area contributed by atoms with E-state index in [0.717, 1.165) is 0 Å². The third-order valence-electron chi connectivity index (χ3n) is 1.44. The molecular formula is C8H8FIO2. The number of hydrogen-bond acceptors (Lipinski definition) is 2. The number of methoxy groups -OCH3 is 2. The van der Waals surface area contributed by atoms with E-state index >= 15 is 0 Å². The molecule has 1 aromatic rings. The Morgan fingerprint density at radius 1 is 1.25 bits per heavy atom. The van der Waals surface area contributed by atoms with Crippen molar-refractivity contribution >= 4 is 22.6 Å². The maximum Gasteiger partial charge on any atom is 0.177 e. The van der Waals surface area contributed by atoms with Crippen molar-refractivity contribution in [2.45, 2.75) is 0 Å². The molecule has 0 saturated carbocycles. The third-order valence-corrected chi connectivity index (χ3v) is 2.44. The second kappa shape index (κ2) is 3.93. The van der Waals surface area contributed by atoms with Gasteiger partial charge in [-0.15, -0.1) is 0 Å². The quantitative estimate of drug-likeness (QED) is 0.776. The molecule has 2 nitrogen and oxygen atoms in total. The SMILES string of the molecule is COc1ccc(F)c(I)c1OC. The Labute approximate surface area is 83.8 Å². The molecule has 1 aromatic carbocycles. The van der Waals surface area contributed by atoms with Crippen LogP contribution >= 0.6 is 22.6 Å². The van der Waals surface area contributed by atoms with Crippen LogP contribution in [-0.2, 0) is 0 Å². The molecule has 0 heterocycles. The molecule has 0 bridgehead atoms. The topological polar surface area (TPSA) is 18.5 Å². The Hall–Kier alpha value is -0.520. The summed E-state index contributed by atoms with van der Waals surface area (Å²) in [6.45, 7) is 0. The van der Waals surface area contributed by atoms with Crippen LogP contribution < -0.4 is 9.47 Å². The fraction of sp³-hybridized carbons (Fsp3) is 0.250. The van der Waals surface area contributed by atoms with Crippen molar-refractivity contribution in [1.82, 2.24) is 0 Å². The highest BCUT2D eigenvalue weighted by molar-refractivity contribution is 14.1. The maximum absolute atomic E-state index is 12.9. The molecular weight excluding hydrogens is 274 g/mol. The molecule has 12 heavy (non-hydrogen) atoms. The standard InChI is InChI=1S/C8H8FIO2/c1-11-6-4-3-5(9)7(10)8(6)12-2/h3-4H,1-2H3. The summed E-state index contributed by atoms with van der Waals surface area (Å²) in [6, 6.07) is 2.89. The number of rotatable bonds is 2. The minimum atomic E-state index is -0.298. The first-order valence-electron chi connectivity index (χ1n) is 3.26. The Kier molecular flexibility index (Phi) is 3.13. The zero-order chi connectivity index (χ0) is 9.14. The molecule has 1 rings (SSSR count). The fourth-order valence-electron chi connectivity index (χ4n) is 0.865. The van der Waals surface area contributed by atoms with Crippen LogP contribution in [0.5, 0.6) is 11.5 Å². The Morgan fingerprint density at radius 3 is 2.42 bits per heavy atom. The van der Waals surface area contributed by atoms with E-state index in [1.54, 1.807) is 0 Å². The van der Waals surface area contributed by atoms with Gasteiger partial charge in [-0.1, -0.05) is 0 Å². The van der Waals surface area contributed by atoms with Gasteiger partial charge in [-0.3, -0.25) is 0 Å². The molecule has 0 unspecified atom stereocenters. The van der Waals surface area contributed by atoms with E-state index in [1.807, 2.05) is 22.6 Å². The maximum atomic E-state index is 12.9. The Morgan fingerprint density at radius 2 is 1.92 bits per heavy atom. The minimum Gasteiger partial charge on any atom is -0.493 e. The van der Waals surface area contributed by atoms with Gasteiger partial charge in [-0.2, -0.15) is 0 Å². The predicted octanol–water partition coefficient (Wildman–Crippen LogP) is 2.45. The zero-order valence-corrected chi connectivity index (χ0v) is 8.88. The summed E-state index contributed by atoms with van der Waals surface area (Å²) in [5.41, 5.74) is 0. The smallest absolute Gasteiger partial charge is 0.177 e. The lowest BCUT2D eigenvalue weighted by Crippen LogP contribution is -1.94. The van der Waals surface area contributed by atoms with Gasteiger partial charge in [0.15, 0.2) is 11.5 Å². The summed E-state index contributed by atoms with van der Waals surface area (Å²) in [5.74, 6) is 0.689. The molecule has 0 atom stereocenters. The van der Waals surface area contributed by atoms with Crippen LogP contribution in [0, 0.1) is 9.39 Å². The van der Waals surface area contributed by atoms with Crippen LogP contribution in [0.4, 0.5) is 4.39 Å². The summed E-state index contributed by atoms with van der Waals surface area (Å²) in [7, 11) is 3.01. The van der Waals surface area contributed by atoms with E-state index in [4.69, 9.17) is 9.47 Å². The first-order chi connectivity index (χ1) is 5.70. The average molecular weight is 282 g/mol. The molecule has 0 N–H and O–H groups in total. The zero-order valence-electron chi connectivity index (χ0n) is 6.73. The lowest BCUT2D eigenvalue weighted by atomic mass is 10.3. The van der Waals surface area contributed by atoms with Gasteiger partial charge in [0.25, 0.3) is 0 Å². The van der Waals surface area contributed by atoms with E-state index < -0.39 is 0 Å². The molecule has 0 radical (unpaired) electrons. The highest BCUT2D eigenvalue weighted by Crippen LogP contribution is 2.33. The van der Waals surface area contributed by atoms with E-state index in [9.17, 15) is 4.39 Å². The van der Waals surface area contributed by atoms with Crippen LogP contribution in [-0.4, -0.2) is 14.2 Å². The van der Waals surface area contributed by atoms with E-state index in [1.165, 1.54) is 26.4 Å². The van der Waals surface area contributed by atoms with E-state index in [2.05, 4.69) is 0 Å². The van der Waals surface area contributed by atoms with Crippen molar-refractivity contribution in [2.75, 3.05) is 14.2 Å². The summed E-state index contributed by atoms with van der Waals surface area (Å²) in [6.07, 6.45) is 0. The number of halogens is 2. The fourth-order valence-corrected chi connectivity index (χ4v) is 1.53. The molecule has 4 heteroatoms. The molecule has 0 amide bonds. The van der Waals surface area contributed by atoms with E-state index in [-0.39, 0.29) is 5.82 Å². The number of ether oxygens (including phenoxy) is 2. The van der Waals surface area contributed by atoms with Crippen LogP contribution in [0.2, 0.25) is 0 Å². The van der Waals surface area contributed by atoms with Crippen molar-refractivity contribution in [3.63, 3.8) is 0 Å². The lowest BCUT2D eigenvalue weighted by molar-refractivity contribution is 0.349. The molecule has 0 aliphatic rings. The van der Waals surface area contributed by atoms with Crippen molar-refractivity contribution in [2.24, 2.45) is 0 Å². The van der Waals surface area contributed by atoms with Crippen LogP contribution in [0.3, 0.4) is 0 Å². The monoisotopic (exact) mass is 282 g/mol. The Bertz CT molecular complexity index is 289. The largest absolute Gasteiger partial charge is 0.493 e. The van der Waals surface area contributed by atoms with Gasteiger partial charge in [-0.25, -0.2) is 4.39 Å². The molecule has 66 valence electrons. The summed E-state index contributed by atoms with van der Waals surface area (Å²) in [5, 5.41) is 0. The normalized spacial score (nSPS) is 9.67. The minimum absolute atomic E-state index is 0.298. The average Bonchev–Trinajstić information content (AvgIpc) is 2.09. The number of benzene rings is 1. The second-order valence-corrected chi connectivity index (χ2v) is 3.18. The first kappa shape index (κ1) is 9.57. The van der Waals surface area contributed by atoms with Gasteiger partial charge in [0.2, 0.25) is 0 Å². The first-order valence-corrected chi connectivity index (χ1v) is 4.34. The highest BCUT2D eigenvalue weighted by atomic mass is 127. The summed E-state index contributed by atoms with van der Waals surface area (Å²) < 4.78 is 23.3. The van der Waals surface area contributed by atoms with Crippen LogP contribution in [0.15, 0.2) is 12.1 Å². The van der Waals surface area contributed by atoms with Crippen LogP contribution in [0.25, 0.3) is 0 Å². The van der Waals surface area contributed by atoms with Gasteiger partial charge in [0.05, 0.1) is 17.8 Å². The second-order valence-electron chi connectivity index (χ2n) is 2.10. The number of hydrogen-bond donors (Lipinski definition) is 0. The summed E-state index contributed by atoms with van der Waals surface area (Å²) >= 11 is 1.87. The van der Waals surface area contributed by atoms with Gasteiger partial charge in [-0.05, 0) is 34.7 Å². The van der Waals surface area contributed by atoms with Crippen molar-refractivity contribution < 1.29 is 13.9 Å². The molecule has 0 spiro atoms. The molecule has 0 fully saturated rings. The predicted molar refractivity (Wildman–Crippen MR) is 52.2 cm³/mol. The highest BCUT2D eigenvalue weighted by Gasteiger charge is 2.11. The van der Waals surface area contributed by atoms with Gasteiger partial charge in [0.1, 0.15) is 5.82 Å². The van der Waals surface area contributed by atoms with Crippen LogP contribution in [0.1, 0.15) is 0 Å². The molecule has 0 aliphatic carbocycles. The summed E-state index contributed by atoms with van der Waals surface area (Å²) in [4.78, 5) is 0. The molecule has 0 aromatic heterocycles. The third kappa shape index (κ3) is 1.63. The Balaban J connectivity index is 3.25. The van der Waals surface area contributed by atoms with E-state index in [0.29, 0.717) is 15.1 Å². The van der Waals surface area contributed by atoms with Gasteiger partial charge < -0.3 is 9.47 Å².